The van der Waals surface area contributed by atoms with E-state index in [0.717, 1.165) is 18.3 Å². The Bertz CT molecular complexity index is 648. The molecule has 1 heterocycles. The summed E-state index contributed by atoms with van der Waals surface area (Å²) in [5.74, 6) is -1.71. The van der Waals surface area contributed by atoms with Gasteiger partial charge in [0.15, 0.2) is 5.82 Å². The van der Waals surface area contributed by atoms with Crippen molar-refractivity contribution in [1.82, 2.24) is 14.8 Å². The number of nitrogens with zero attached hydrogens (tertiary/aromatic N) is 2. The zero-order valence-corrected chi connectivity index (χ0v) is 7.78. The highest BCUT2D eigenvalue weighted by atomic mass is 19.1. The Balaban J connectivity index is 2.68. The molecule has 2 rings (SSSR count). The number of halogens is 2. The van der Waals surface area contributed by atoms with Crippen molar-refractivity contribution in [3.8, 4) is 5.69 Å². The molecule has 0 saturated carbocycles. The Morgan fingerprint density at radius 1 is 1.25 bits per heavy atom. The van der Waals surface area contributed by atoms with Crippen molar-refractivity contribution < 1.29 is 8.78 Å². The van der Waals surface area contributed by atoms with Gasteiger partial charge >= 0.3 is 5.69 Å². The van der Waals surface area contributed by atoms with Gasteiger partial charge in [-0.2, -0.15) is 9.78 Å². The second kappa shape index (κ2) is 3.69. The van der Waals surface area contributed by atoms with E-state index in [1.807, 2.05) is 4.98 Å². The van der Waals surface area contributed by atoms with Gasteiger partial charge in [0.25, 0.3) is 5.56 Å². The summed E-state index contributed by atoms with van der Waals surface area (Å²) >= 11 is 0. The fraction of sp³-hybridized carbons (Fsp3) is 0. The molecule has 0 unspecified atom stereocenters. The topological polar surface area (TPSA) is 67.8 Å². The van der Waals surface area contributed by atoms with Crippen LogP contribution in [0.15, 0.2) is 34.0 Å². The number of hydrogen-bond donors (Lipinski definition) is 1. The van der Waals surface area contributed by atoms with Gasteiger partial charge in [0, 0.05) is 6.07 Å². The predicted octanol–water partition coefficient (Wildman–Crippen LogP) is 0.199. The van der Waals surface area contributed by atoms with E-state index >= 15 is 0 Å². The molecule has 0 atom stereocenters. The highest BCUT2D eigenvalue weighted by Crippen LogP contribution is 2.10. The van der Waals surface area contributed by atoms with E-state index < -0.39 is 22.9 Å². The summed E-state index contributed by atoms with van der Waals surface area (Å²) in [6, 6.07) is 2.66. The number of benzene rings is 1. The first-order chi connectivity index (χ1) is 7.58. The zero-order chi connectivity index (χ0) is 11.7. The summed E-state index contributed by atoms with van der Waals surface area (Å²) in [7, 11) is 0. The van der Waals surface area contributed by atoms with Crippen LogP contribution in [0.2, 0.25) is 0 Å². The van der Waals surface area contributed by atoms with Crippen molar-refractivity contribution in [2.45, 2.75) is 0 Å². The molecule has 2 aromatic rings. The number of aromatic nitrogens is 3. The quantitative estimate of drug-likeness (QED) is 0.753. The van der Waals surface area contributed by atoms with Crippen LogP contribution in [0.5, 0.6) is 0 Å². The number of hydrogen-bond acceptors (Lipinski definition) is 3. The molecule has 16 heavy (non-hydrogen) atoms. The highest BCUT2D eigenvalue weighted by Gasteiger charge is 2.08. The van der Waals surface area contributed by atoms with Crippen molar-refractivity contribution in [2.24, 2.45) is 0 Å². The maximum atomic E-state index is 13.3. The van der Waals surface area contributed by atoms with Crippen molar-refractivity contribution in [1.29, 1.82) is 0 Å². The van der Waals surface area contributed by atoms with E-state index in [1.165, 1.54) is 0 Å². The van der Waals surface area contributed by atoms with Gasteiger partial charge in [-0.05, 0) is 12.1 Å². The average molecular weight is 225 g/mol. The molecule has 0 aliphatic heterocycles. The lowest BCUT2D eigenvalue weighted by Crippen LogP contribution is -2.30. The lowest BCUT2D eigenvalue weighted by molar-refractivity contribution is 0.568. The third-order valence-corrected chi connectivity index (χ3v) is 1.85. The summed E-state index contributed by atoms with van der Waals surface area (Å²) in [5.41, 5.74) is -1.82. The van der Waals surface area contributed by atoms with Crippen LogP contribution < -0.4 is 11.2 Å². The van der Waals surface area contributed by atoms with Crippen molar-refractivity contribution in [3.05, 3.63) is 56.9 Å². The van der Waals surface area contributed by atoms with Crippen LogP contribution >= 0.6 is 0 Å². The zero-order valence-electron chi connectivity index (χ0n) is 7.78. The Labute approximate surface area is 87.0 Å². The lowest BCUT2D eigenvalue weighted by atomic mass is 10.3. The number of rotatable bonds is 1. The SMILES string of the molecule is O=c1cnn(-c2ccc(F)cc2F)c(=O)[nH]1. The summed E-state index contributed by atoms with van der Waals surface area (Å²) in [4.78, 5) is 23.9. The molecule has 1 aromatic carbocycles. The summed E-state index contributed by atoms with van der Waals surface area (Å²) in [6.07, 6.45) is 0.824. The maximum Gasteiger partial charge on any atom is 0.349 e. The van der Waals surface area contributed by atoms with Gasteiger partial charge in [0.1, 0.15) is 17.7 Å². The van der Waals surface area contributed by atoms with E-state index in [1.54, 1.807) is 0 Å². The second-order valence-electron chi connectivity index (χ2n) is 2.95. The first-order valence-corrected chi connectivity index (χ1v) is 4.22. The third-order valence-electron chi connectivity index (χ3n) is 1.85. The molecule has 0 spiro atoms. The maximum absolute atomic E-state index is 13.3. The summed E-state index contributed by atoms with van der Waals surface area (Å²) in [5, 5.41) is 3.44. The van der Waals surface area contributed by atoms with E-state index in [2.05, 4.69) is 5.10 Å². The van der Waals surface area contributed by atoms with Gasteiger partial charge in [0.05, 0.1) is 0 Å². The Morgan fingerprint density at radius 2 is 2.00 bits per heavy atom. The molecule has 0 radical (unpaired) electrons. The van der Waals surface area contributed by atoms with Gasteiger partial charge in [-0.15, -0.1) is 0 Å². The molecule has 1 N–H and O–H groups in total. The fourth-order valence-electron chi connectivity index (χ4n) is 1.18. The molecule has 0 saturated heterocycles. The van der Waals surface area contributed by atoms with E-state index in [0.29, 0.717) is 10.7 Å². The van der Waals surface area contributed by atoms with Crippen molar-refractivity contribution >= 4 is 0 Å². The van der Waals surface area contributed by atoms with Gasteiger partial charge in [-0.25, -0.2) is 13.6 Å². The van der Waals surface area contributed by atoms with Crippen LogP contribution in [-0.2, 0) is 0 Å². The van der Waals surface area contributed by atoms with Gasteiger partial charge in [-0.3, -0.25) is 9.78 Å². The first kappa shape index (κ1) is 10.2. The minimum atomic E-state index is -0.943. The predicted molar refractivity (Wildman–Crippen MR) is 50.4 cm³/mol. The standard InChI is InChI=1S/C9H5F2N3O2/c10-5-1-2-7(6(11)3-5)14-9(16)13-8(15)4-12-14/h1-4H,(H,13,15,16). The van der Waals surface area contributed by atoms with E-state index in [-0.39, 0.29) is 5.69 Å². The number of aromatic amines is 1. The first-order valence-electron chi connectivity index (χ1n) is 4.22. The van der Waals surface area contributed by atoms with Crippen LogP contribution in [0.1, 0.15) is 0 Å². The monoisotopic (exact) mass is 225 g/mol. The lowest BCUT2D eigenvalue weighted by Gasteiger charge is -2.03. The van der Waals surface area contributed by atoms with Crippen LogP contribution in [0.25, 0.3) is 5.69 Å². The molecular weight excluding hydrogens is 220 g/mol. The van der Waals surface area contributed by atoms with E-state index in [4.69, 9.17) is 0 Å². The average Bonchev–Trinajstić information content (AvgIpc) is 2.19. The summed E-state index contributed by atoms with van der Waals surface area (Å²) in [6.45, 7) is 0. The van der Waals surface area contributed by atoms with Gasteiger partial charge in [-0.1, -0.05) is 0 Å². The van der Waals surface area contributed by atoms with Crippen LogP contribution in [0.4, 0.5) is 8.78 Å². The van der Waals surface area contributed by atoms with Gasteiger partial charge in [0.2, 0.25) is 0 Å². The molecule has 0 fully saturated rings. The molecule has 0 bridgehead atoms. The van der Waals surface area contributed by atoms with Crippen molar-refractivity contribution in [2.75, 3.05) is 0 Å². The van der Waals surface area contributed by atoms with E-state index in [9.17, 15) is 18.4 Å². The molecule has 82 valence electrons. The van der Waals surface area contributed by atoms with Gasteiger partial charge < -0.3 is 0 Å². The Kier molecular flexibility index (Phi) is 2.35. The van der Waals surface area contributed by atoms with Crippen LogP contribution in [0, 0.1) is 11.6 Å². The highest BCUT2D eigenvalue weighted by molar-refractivity contribution is 5.31. The molecule has 1 aromatic heterocycles. The fourth-order valence-corrected chi connectivity index (χ4v) is 1.18. The Morgan fingerprint density at radius 3 is 2.62 bits per heavy atom. The number of H-pyrrole nitrogens is 1. The molecule has 0 aliphatic rings. The largest absolute Gasteiger partial charge is 0.349 e. The van der Waals surface area contributed by atoms with Crippen molar-refractivity contribution in [3.63, 3.8) is 0 Å². The Hall–Kier alpha value is -2.31. The van der Waals surface area contributed by atoms with Crippen LogP contribution in [0.3, 0.4) is 0 Å². The summed E-state index contributed by atoms with van der Waals surface area (Å²) < 4.78 is 26.5. The normalized spacial score (nSPS) is 10.4. The number of nitrogens with one attached hydrogen (secondary N) is 1. The molecule has 0 amide bonds. The minimum Gasteiger partial charge on any atom is -0.271 e. The molecular formula is C9H5F2N3O2. The second-order valence-corrected chi connectivity index (χ2v) is 2.95. The third kappa shape index (κ3) is 1.74. The molecule has 5 nitrogen and oxygen atoms in total. The smallest absolute Gasteiger partial charge is 0.271 e. The van der Waals surface area contributed by atoms with Crippen LogP contribution in [-0.4, -0.2) is 14.8 Å². The molecule has 7 heteroatoms. The minimum absolute atomic E-state index is 0.234. The molecule has 0 aliphatic carbocycles.